The van der Waals surface area contributed by atoms with Crippen LogP contribution in [0.3, 0.4) is 0 Å². The first-order valence-electron chi connectivity index (χ1n) is 3.18. The zero-order valence-corrected chi connectivity index (χ0v) is 7.07. The Labute approximate surface area is 62.5 Å². The average molecular weight is 143 g/mol. The van der Waals surface area contributed by atoms with Gasteiger partial charge in [0, 0.05) is 0 Å². The van der Waals surface area contributed by atoms with E-state index in [9.17, 15) is 0 Å². The molecule has 2 unspecified atom stereocenters. The van der Waals surface area contributed by atoms with E-state index in [1.807, 2.05) is 13.8 Å². The van der Waals surface area contributed by atoms with Gasteiger partial charge in [0.25, 0.3) is 0 Å². The maximum atomic E-state index is 8.57. The minimum Gasteiger partial charge on any atom is -0.197 e. The van der Waals surface area contributed by atoms with Crippen LogP contribution in [-0.4, -0.2) is 4.75 Å². The maximum absolute atomic E-state index is 8.57. The second-order valence-corrected chi connectivity index (χ2v) is 3.50. The van der Waals surface area contributed by atoms with Crippen LogP contribution >= 0.6 is 12.6 Å². The Hall–Kier alpha value is -0.160. The molecule has 0 aromatic carbocycles. The quantitative estimate of drug-likeness (QED) is 0.589. The van der Waals surface area contributed by atoms with E-state index in [1.165, 1.54) is 0 Å². The predicted octanol–water partition coefficient (Wildman–Crippen LogP) is 2.24. The summed E-state index contributed by atoms with van der Waals surface area (Å²) in [7, 11) is 0. The van der Waals surface area contributed by atoms with Crippen molar-refractivity contribution in [1.82, 2.24) is 0 Å². The fraction of sp³-hybridized carbons (Fsp3) is 0.857. The molecule has 0 fully saturated rings. The van der Waals surface area contributed by atoms with E-state index in [1.54, 1.807) is 0 Å². The highest BCUT2D eigenvalue weighted by atomic mass is 32.1. The van der Waals surface area contributed by atoms with Crippen molar-refractivity contribution in [3.8, 4) is 6.07 Å². The van der Waals surface area contributed by atoms with E-state index >= 15 is 0 Å². The lowest BCUT2D eigenvalue weighted by molar-refractivity contribution is 0.494. The van der Waals surface area contributed by atoms with Crippen molar-refractivity contribution in [2.75, 3.05) is 0 Å². The van der Waals surface area contributed by atoms with E-state index in [-0.39, 0.29) is 0 Å². The zero-order valence-electron chi connectivity index (χ0n) is 6.18. The smallest absolute Gasteiger partial charge is 0.0992 e. The topological polar surface area (TPSA) is 23.8 Å². The molecule has 52 valence electrons. The SMILES string of the molecule is CCC(C)C(C)(S)C#N. The number of rotatable bonds is 2. The third-order valence-corrected chi connectivity index (χ3v) is 2.34. The minimum absolute atomic E-state index is 0.367. The molecule has 0 saturated heterocycles. The average Bonchev–Trinajstić information content (AvgIpc) is 1.86. The normalized spacial score (nSPS) is 19.9. The molecule has 0 rings (SSSR count). The molecule has 2 atom stereocenters. The lowest BCUT2D eigenvalue weighted by Crippen LogP contribution is -2.23. The van der Waals surface area contributed by atoms with Crippen LogP contribution in [0.25, 0.3) is 0 Å². The van der Waals surface area contributed by atoms with Crippen molar-refractivity contribution in [1.29, 1.82) is 5.26 Å². The van der Waals surface area contributed by atoms with Crippen LogP contribution in [0.1, 0.15) is 27.2 Å². The Morgan fingerprint density at radius 2 is 2.22 bits per heavy atom. The number of nitriles is 1. The summed E-state index contributed by atoms with van der Waals surface area (Å²) >= 11 is 4.20. The van der Waals surface area contributed by atoms with Crippen LogP contribution < -0.4 is 0 Å². The molecule has 0 amide bonds. The van der Waals surface area contributed by atoms with Crippen molar-refractivity contribution in [3.05, 3.63) is 0 Å². The Morgan fingerprint density at radius 1 is 1.78 bits per heavy atom. The third-order valence-electron chi connectivity index (χ3n) is 1.80. The summed E-state index contributed by atoms with van der Waals surface area (Å²) in [6, 6.07) is 2.16. The lowest BCUT2D eigenvalue weighted by atomic mass is 9.94. The summed E-state index contributed by atoms with van der Waals surface area (Å²) in [5, 5.41) is 8.57. The van der Waals surface area contributed by atoms with Gasteiger partial charge in [0.15, 0.2) is 0 Å². The Morgan fingerprint density at radius 3 is 2.33 bits per heavy atom. The molecule has 0 N–H and O–H groups in total. The van der Waals surface area contributed by atoms with E-state index in [0.717, 1.165) is 6.42 Å². The van der Waals surface area contributed by atoms with Gasteiger partial charge in [-0.1, -0.05) is 20.3 Å². The largest absolute Gasteiger partial charge is 0.197 e. The number of thiol groups is 1. The van der Waals surface area contributed by atoms with Crippen molar-refractivity contribution in [2.24, 2.45) is 5.92 Å². The van der Waals surface area contributed by atoms with Gasteiger partial charge in [0.05, 0.1) is 10.8 Å². The molecule has 0 aliphatic carbocycles. The van der Waals surface area contributed by atoms with Crippen molar-refractivity contribution in [2.45, 2.75) is 31.9 Å². The van der Waals surface area contributed by atoms with E-state index in [0.29, 0.717) is 5.92 Å². The third kappa shape index (κ3) is 2.28. The van der Waals surface area contributed by atoms with Gasteiger partial charge < -0.3 is 0 Å². The van der Waals surface area contributed by atoms with Crippen molar-refractivity contribution < 1.29 is 0 Å². The van der Waals surface area contributed by atoms with Gasteiger partial charge in [-0.3, -0.25) is 0 Å². The summed E-state index contributed by atoms with van der Waals surface area (Å²) in [4.78, 5) is 0. The second-order valence-electron chi connectivity index (χ2n) is 2.57. The predicted molar refractivity (Wildman–Crippen MR) is 42.5 cm³/mol. The Bertz CT molecular complexity index is 123. The molecule has 0 aliphatic rings. The summed E-state index contributed by atoms with van der Waals surface area (Å²) < 4.78 is -0.450. The highest BCUT2D eigenvalue weighted by Gasteiger charge is 2.24. The molecular weight excluding hydrogens is 130 g/mol. The highest BCUT2D eigenvalue weighted by Crippen LogP contribution is 2.25. The van der Waals surface area contributed by atoms with Gasteiger partial charge in [0.1, 0.15) is 0 Å². The van der Waals surface area contributed by atoms with Crippen LogP contribution in [0.4, 0.5) is 0 Å². The molecule has 0 radical (unpaired) electrons. The standard InChI is InChI=1S/C7H13NS/c1-4-6(2)7(3,9)5-8/h6,9H,4H2,1-3H3. The van der Waals surface area contributed by atoms with Gasteiger partial charge in [-0.15, -0.1) is 0 Å². The first-order valence-corrected chi connectivity index (χ1v) is 3.63. The number of hydrogen-bond donors (Lipinski definition) is 1. The summed E-state index contributed by atoms with van der Waals surface area (Å²) in [6.07, 6.45) is 1.01. The summed E-state index contributed by atoms with van der Waals surface area (Å²) in [6.45, 7) is 5.96. The first-order chi connectivity index (χ1) is 4.04. The Kier molecular flexibility index (Phi) is 3.07. The van der Waals surface area contributed by atoms with Crippen LogP contribution in [0.15, 0.2) is 0 Å². The molecule has 9 heavy (non-hydrogen) atoms. The van der Waals surface area contributed by atoms with Crippen molar-refractivity contribution in [3.63, 3.8) is 0 Å². The fourth-order valence-electron chi connectivity index (χ4n) is 0.508. The molecule has 0 spiro atoms. The van der Waals surface area contributed by atoms with Crippen molar-refractivity contribution >= 4 is 12.6 Å². The molecular formula is C7H13NS. The molecule has 1 nitrogen and oxygen atoms in total. The number of hydrogen-bond acceptors (Lipinski definition) is 2. The van der Waals surface area contributed by atoms with Gasteiger partial charge in [-0.25, -0.2) is 0 Å². The first kappa shape index (κ1) is 8.84. The number of nitrogens with zero attached hydrogens (tertiary/aromatic N) is 1. The van der Waals surface area contributed by atoms with Crippen LogP contribution in [-0.2, 0) is 0 Å². The molecule has 0 bridgehead atoms. The minimum atomic E-state index is -0.450. The molecule has 0 aromatic heterocycles. The molecule has 0 aromatic rings. The van der Waals surface area contributed by atoms with Gasteiger partial charge >= 0.3 is 0 Å². The van der Waals surface area contributed by atoms with E-state index < -0.39 is 4.75 Å². The maximum Gasteiger partial charge on any atom is 0.0992 e. The second kappa shape index (κ2) is 3.12. The molecule has 0 heterocycles. The van der Waals surface area contributed by atoms with Gasteiger partial charge in [-0.05, 0) is 12.8 Å². The van der Waals surface area contributed by atoms with E-state index in [4.69, 9.17) is 5.26 Å². The van der Waals surface area contributed by atoms with Crippen LogP contribution in [0.2, 0.25) is 0 Å². The summed E-state index contributed by atoms with van der Waals surface area (Å²) in [5.74, 6) is 0.367. The highest BCUT2D eigenvalue weighted by molar-refractivity contribution is 7.82. The monoisotopic (exact) mass is 143 g/mol. The lowest BCUT2D eigenvalue weighted by Gasteiger charge is -2.20. The molecule has 0 aliphatic heterocycles. The van der Waals surface area contributed by atoms with Crippen LogP contribution in [0.5, 0.6) is 0 Å². The Balaban J connectivity index is 4.01. The van der Waals surface area contributed by atoms with Gasteiger partial charge in [0.2, 0.25) is 0 Å². The zero-order chi connectivity index (χ0) is 7.49. The molecule has 2 heteroatoms. The summed E-state index contributed by atoms with van der Waals surface area (Å²) in [5.41, 5.74) is 0. The van der Waals surface area contributed by atoms with E-state index in [2.05, 4.69) is 25.6 Å². The van der Waals surface area contributed by atoms with Crippen LogP contribution in [0, 0.1) is 17.2 Å². The molecule has 0 saturated carbocycles. The van der Waals surface area contributed by atoms with Gasteiger partial charge in [-0.2, -0.15) is 17.9 Å². The fourth-order valence-corrected chi connectivity index (χ4v) is 0.690.